The molecule has 126 valence electrons. The molecule has 0 atom stereocenters. The molecule has 0 radical (unpaired) electrons. The minimum absolute atomic E-state index is 0.212. The summed E-state index contributed by atoms with van der Waals surface area (Å²) in [7, 11) is 1.57. The summed E-state index contributed by atoms with van der Waals surface area (Å²) in [4.78, 5) is 24.0. The Morgan fingerprint density at radius 2 is 1.67 bits per heavy atom. The molecule has 2 aromatic rings. The third-order valence-corrected chi connectivity index (χ3v) is 4.15. The van der Waals surface area contributed by atoms with Crippen molar-refractivity contribution in [3.05, 3.63) is 63.1 Å². The number of hydrogen-bond acceptors (Lipinski definition) is 3. The van der Waals surface area contributed by atoms with Gasteiger partial charge in [-0.15, -0.1) is 0 Å². The summed E-state index contributed by atoms with van der Waals surface area (Å²) in [5.74, 6) is 0.213. The summed E-state index contributed by atoms with van der Waals surface area (Å²) in [5.41, 5.74) is 0.976. The molecule has 0 bridgehead atoms. The fourth-order valence-electron chi connectivity index (χ4n) is 1.96. The molecule has 2 amide bonds. The van der Waals surface area contributed by atoms with Crippen LogP contribution in [0.1, 0.15) is 20.7 Å². The third-order valence-electron chi connectivity index (χ3n) is 3.22. The third kappa shape index (κ3) is 4.97. The largest absolute Gasteiger partial charge is 0.497 e. The molecule has 2 aromatic carbocycles. The molecule has 0 saturated heterocycles. The van der Waals surface area contributed by atoms with E-state index in [0.29, 0.717) is 39.5 Å². The maximum Gasteiger partial charge on any atom is 0.252 e. The van der Waals surface area contributed by atoms with Gasteiger partial charge in [0.2, 0.25) is 0 Å². The number of ether oxygens (including phenoxy) is 1. The summed E-state index contributed by atoms with van der Waals surface area (Å²) < 4.78 is 5.70. The highest BCUT2D eigenvalue weighted by Gasteiger charge is 2.10. The number of carbonyl (C=O) groups excluding carboxylic acids is 2. The van der Waals surface area contributed by atoms with E-state index in [0.717, 1.165) is 0 Å². The van der Waals surface area contributed by atoms with E-state index in [9.17, 15) is 9.59 Å². The van der Waals surface area contributed by atoms with Crippen LogP contribution in [0.15, 0.2) is 46.9 Å². The quantitative estimate of drug-likeness (QED) is 0.717. The average Bonchev–Trinajstić information content (AvgIpc) is 2.60. The highest BCUT2D eigenvalue weighted by Crippen LogP contribution is 2.20. The molecule has 0 fully saturated rings. The molecule has 0 spiro atoms. The number of amides is 2. The molecule has 0 aliphatic carbocycles. The predicted octanol–water partition coefficient (Wildman–Crippen LogP) is 3.27. The van der Waals surface area contributed by atoms with Gasteiger partial charge in [0.1, 0.15) is 5.75 Å². The first kappa shape index (κ1) is 18.3. The fourth-order valence-corrected chi connectivity index (χ4v) is 2.56. The van der Waals surface area contributed by atoms with E-state index in [1.54, 1.807) is 49.6 Å². The molecule has 0 saturated carbocycles. The number of benzene rings is 2. The summed E-state index contributed by atoms with van der Waals surface area (Å²) in [6.45, 7) is 0.620. The minimum Gasteiger partial charge on any atom is -0.497 e. The lowest BCUT2D eigenvalue weighted by Crippen LogP contribution is -2.34. The van der Waals surface area contributed by atoms with Crippen molar-refractivity contribution in [3.63, 3.8) is 0 Å². The number of hydrogen-bond donors (Lipinski definition) is 2. The zero-order valence-electron chi connectivity index (χ0n) is 12.9. The normalized spacial score (nSPS) is 10.1. The maximum absolute atomic E-state index is 12.1. The van der Waals surface area contributed by atoms with Crippen LogP contribution in [-0.2, 0) is 0 Å². The van der Waals surface area contributed by atoms with Gasteiger partial charge < -0.3 is 15.4 Å². The number of methoxy groups -OCH3 is 1. The van der Waals surface area contributed by atoms with Gasteiger partial charge in [0, 0.05) is 28.1 Å². The first-order valence-electron chi connectivity index (χ1n) is 7.17. The predicted molar refractivity (Wildman–Crippen MR) is 96.8 cm³/mol. The number of halogens is 2. The van der Waals surface area contributed by atoms with Gasteiger partial charge in [0.05, 0.1) is 12.7 Å². The maximum atomic E-state index is 12.1. The number of rotatable bonds is 6. The van der Waals surface area contributed by atoms with Crippen LogP contribution in [0.4, 0.5) is 0 Å². The van der Waals surface area contributed by atoms with Crippen LogP contribution in [-0.4, -0.2) is 32.0 Å². The van der Waals surface area contributed by atoms with Crippen LogP contribution < -0.4 is 15.4 Å². The molecule has 0 unspecified atom stereocenters. The van der Waals surface area contributed by atoms with E-state index in [1.165, 1.54) is 0 Å². The van der Waals surface area contributed by atoms with Crippen molar-refractivity contribution in [3.8, 4) is 5.75 Å². The van der Waals surface area contributed by atoms with Crippen LogP contribution >= 0.6 is 27.5 Å². The van der Waals surface area contributed by atoms with Crippen molar-refractivity contribution in [1.29, 1.82) is 0 Å². The van der Waals surface area contributed by atoms with Crippen molar-refractivity contribution < 1.29 is 14.3 Å². The van der Waals surface area contributed by atoms with Crippen molar-refractivity contribution in [2.75, 3.05) is 20.2 Å². The molecule has 0 aliphatic rings. The van der Waals surface area contributed by atoms with E-state index < -0.39 is 0 Å². The first-order valence-corrected chi connectivity index (χ1v) is 8.34. The standard InChI is InChI=1S/C17H16BrClN2O3/c1-24-13-5-2-11(3-6-13)16(22)20-8-9-21-17(23)14-10-12(19)4-7-15(14)18/h2-7,10H,8-9H2,1H3,(H,20,22)(H,21,23). The Morgan fingerprint density at radius 3 is 2.29 bits per heavy atom. The zero-order valence-corrected chi connectivity index (χ0v) is 15.3. The van der Waals surface area contributed by atoms with Crippen molar-refractivity contribution in [2.24, 2.45) is 0 Å². The second-order valence-corrected chi connectivity index (χ2v) is 6.16. The highest BCUT2D eigenvalue weighted by molar-refractivity contribution is 9.10. The lowest BCUT2D eigenvalue weighted by atomic mass is 10.2. The van der Waals surface area contributed by atoms with Crippen LogP contribution in [0.3, 0.4) is 0 Å². The Morgan fingerprint density at radius 1 is 1.04 bits per heavy atom. The molecular weight excluding hydrogens is 396 g/mol. The Balaban J connectivity index is 1.80. The molecule has 5 nitrogen and oxygen atoms in total. The summed E-state index contributed by atoms with van der Waals surface area (Å²) in [6.07, 6.45) is 0. The van der Waals surface area contributed by atoms with Crippen LogP contribution in [0.5, 0.6) is 5.75 Å². The van der Waals surface area contributed by atoms with Gasteiger partial charge in [-0.3, -0.25) is 9.59 Å². The molecular formula is C17H16BrClN2O3. The van der Waals surface area contributed by atoms with Crippen molar-refractivity contribution in [2.45, 2.75) is 0 Å². The smallest absolute Gasteiger partial charge is 0.252 e. The molecule has 24 heavy (non-hydrogen) atoms. The highest BCUT2D eigenvalue weighted by atomic mass is 79.9. The molecule has 0 heterocycles. The molecule has 7 heteroatoms. The molecule has 2 N–H and O–H groups in total. The van der Waals surface area contributed by atoms with E-state index in [1.807, 2.05) is 0 Å². The van der Waals surface area contributed by atoms with Gasteiger partial charge in [-0.05, 0) is 58.4 Å². The summed E-state index contributed by atoms with van der Waals surface area (Å²) in [6, 6.07) is 11.8. The number of nitrogens with one attached hydrogen (secondary N) is 2. The van der Waals surface area contributed by atoms with E-state index >= 15 is 0 Å². The van der Waals surface area contributed by atoms with Gasteiger partial charge in [-0.1, -0.05) is 11.6 Å². The summed E-state index contributed by atoms with van der Waals surface area (Å²) >= 11 is 9.19. The second kappa shape index (κ2) is 8.70. The molecule has 2 rings (SSSR count). The lowest BCUT2D eigenvalue weighted by molar-refractivity contribution is 0.0927. The van der Waals surface area contributed by atoms with Gasteiger partial charge in [0.25, 0.3) is 11.8 Å². The Kier molecular flexibility index (Phi) is 6.63. The number of carbonyl (C=O) groups is 2. The van der Waals surface area contributed by atoms with Gasteiger partial charge in [0.15, 0.2) is 0 Å². The van der Waals surface area contributed by atoms with Gasteiger partial charge in [-0.2, -0.15) is 0 Å². The summed E-state index contributed by atoms with van der Waals surface area (Å²) in [5, 5.41) is 5.95. The lowest BCUT2D eigenvalue weighted by Gasteiger charge is -2.09. The fraction of sp³-hybridized carbons (Fsp3) is 0.176. The van der Waals surface area contributed by atoms with Crippen LogP contribution in [0, 0.1) is 0 Å². The SMILES string of the molecule is COc1ccc(C(=O)NCCNC(=O)c2cc(Cl)ccc2Br)cc1. The molecule has 0 aliphatic heterocycles. The van der Waals surface area contributed by atoms with Crippen LogP contribution in [0.25, 0.3) is 0 Å². The van der Waals surface area contributed by atoms with E-state index in [2.05, 4.69) is 26.6 Å². The van der Waals surface area contributed by atoms with Crippen LogP contribution in [0.2, 0.25) is 5.02 Å². The topological polar surface area (TPSA) is 67.4 Å². The zero-order chi connectivity index (χ0) is 17.5. The van der Waals surface area contributed by atoms with Crippen molar-refractivity contribution >= 4 is 39.3 Å². The molecule has 0 aromatic heterocycles. The Bertz CT molecular complexity index is 735. The second-order valence-electron chi connectivity index (χ2n) is 4.86. The average molecular weight is 412 g/mol. The van der Waals surface area contributed by atoms with Crippen molar-refractivity contribution in [1.82, 2.24) is 10.6 Å². The first-order chi connectivity index (χ1) is 11.5. The van der Waals surface area contributed by atoms with Gasteiger partial charge in [-0.25, -0.2) is 0 Å². The Hall–Kier alpha value is -2.05. The van der Waals surface area contributed by atoms with Gasteiger partial charge >= 0.3 is 0 Å². The monoisotopic (exact) mass is 410 g/mol. The Labute approximate surface area is 153 Å². The van der Waals surface area contributed by atoms with E-state index in [4.69, 9.17) is 16.3 Å². The minimum atomic E-state index is -0.261. The van der Waals surface area contributed by atoms with E-state index in [-0.39, 0.29) is 11.8 Å².